The zero-order valence-corrected chi connectivity index (χ0v) is 12.1. The second kappa shape index (κ2) is 5.65. The Morgan fingerprint density at radius 1 is 1.43 bits per heavy atom. The van der Waals surface area contributed by atoms with Crippen molar-refractivity contribution < 1.29 is 14.3 Å². The van der Waals surface area contributed by atoms with Crippen LogP contribution in [0.15, 0.2) is 29.2 Å². The van der Waals surface area contributed by atoms with Crippen LogP contribution in [0.1, 0.15) is 35.8 Å². The van der Waals surface area contributed by atoms with Gasteiger partial charge in [-0.1, -0.05) is 25.4 Å². The second-order valence-corrected chi connectivity index (χ2v) is 5.17. The number of aromatic carboxylic acids is 1. The number of aromatic nitrogens is 2. The highest BCUT2D eigenvalue weighted by molar-refractivity contribution is 6.32. The molecule has 110 valence electrons. The minimum Gasteiger partial charge on any atom is -0.476 e. The van der Waals surface area contributed by atoms with Gasteiger partial charge in [0.15, 0.2) is 0 Å². The molecular weight excluding hydrogens is 299 g/mol. The summed E-state index contributed by atoms with van der Waals surface area (Å²) < 4.78 is 14.5. The maximum atomic E-state index is 13.4. The van der Waals surface area contributed by atoms with Crippen molar-refractivity contribution in [3.8, 4) is 5.69 Å². The number of benzene rings is 1. The Labute approximate surface area is 124 Å². The second-order valence-electron chi connectivity index (χ2n) is 4.76. The van der Waals surface area contributed by atoms with Crippen molar-refractivity contribution in [1.29, 1.82) is 0 Å². The van der Waals surface area contributed by atoms with Crippen LogP contribution in [-0.2, 0) is 0 Å². The Balaban J connectivity index is 2.78. The largest absolute Gasteiger partial charge is 0.476 e. The number of carboxylic acids is 1. The Bertz CT molecular complexity index is 771. The van der Waals surface area contributed by atoms with Crippen LogP contribution in [0.4, 0.5) is 4.39 Å². The number of carbonyl (C=O) groups is 1. The minimum atomic E-state index is -1.44. The zero-order chi connectivity index (χ0) is 15.7. The smallest absolute Gasteiger partial charge is 0.360 e. The fourth-order valence-corrected chi connectivity index (χ4v) is 2.05. The van der Waals surface area contributed by atoms with Crippen LogP contribution in [-0.4, -0.2) is 20.9 Å². The van der Waals surface area contributed by atoms with Crippen molar-refractivity contribution >= 4 is 17.6 Å². The van der Waals surface area contributed by atoms with Crippen molar-refractivity contribution in [2.24, 2.45) is 0 Å². The highest BCUT2D eigenvalue weighted by Gasteiger charge is 2.19. The van der Waals surface area contributed by atoms with Crippen LogP contribution >= 0.6 is 11.6 Å². The van der Waals surface area contributed by atoms with Gasteiger partial charge in [-0.3, -0.25) is 4.79 Å². The molecule has 2 aromatic rings. The number of hydrogen-bond donors (Lipinski definition) is 1. The Kier molecular flexibility index (Phi) is 4.09. The fraction of sp³-hybridized carbons (Fsp3) is 0.214. The molecule has 0 amide bonds. The summed E-state index contributed by atoms with van der Waals surface area (Å²) in [6.07, 6.45) is 1.38. The number of nitrogens with zero attached hydrogens (tertiary/aromatic N) is 2. The summed E-state index contributed by atoms with van der Waals surface area (Å²) in [4.78, 5) is 23.2. The third-order valence-corrected chi connectivity index (χ3v) is 3.25. The summed E-state index contributed by atoms with van der Waals surface area (Å²) in [7, 11) is 0. The molecule has 0 bridgehead atoms. The minimum absolute atomic E-state index is 0.168. The molecule has 0 unspecified atom stereocenters. The lowest BCUT2D eigenvalue weighted by molar-refractivity contribution is 0.0686. The first-order valence-corrected chi connectivity index (χ1v) is 6.51. The summed E-state index contributed by atoms with van der Waals surface area (Å²) in [5, 5.41) is 13.0. The summed E-state index contributed by atoms with van der Waals surface area (Å²) in [5.74, 6) is -2.20. The normalized spacial score (nSPS) is 10.9. The Hall–Kier alpha value is -2.21. The molecule has 0 atom stereocenters. The average Bonchev–Trinajstić information content (AvgIpc) is 2.41. The number of halogens is 2. The highest BCUT2D eigenvalue weighted by atomic mass is 35.5. The average molecular weight is 311 g/mol. The van der Waals surface area contributed by atoms with Gasteiger partial charge in [0.1, 0.15) is 5.82 Å². The van der Waals surface area contributed by atoms with E-state index in [1.54, 1.807) is 13.8 Å². The molecule has 5 nitrogen and oxygen atoms in total. The third-order valence-electron chi connectivity index (χ3n) is 2.93. The van der Waals surface area contributed by atoms with E-state index in [2.05, 4.69) is 5.10 Å². The molecule has 0 spiro atoms. The maximum Gasteiger partial charge on any atom is 0.360 e. The molecule has 0 aliphatic heterocycles. The van der Waals surface area contributed by atoms with Gasteiger partial charge in [-0.05, 0) is 18.1 Å². The third kappa shape index (κ3) is 2.95. The van der Waals surface area contributed by atoms with Crippen LogP contribution in [0.3, 0.4) is 0 Å². The molecular formula is C14H12ClFN2O3. The molecule has 7 heteroatoms. The van der Waals surface area contributed by atoms with Gasteiger partial charge in [0.25, 0.3) is 0 Å². The van der Waals surface area contributed by atoms with Gasteiger partial charge in [0.05, 0.1) is 10.7 Å². The van der Waals surface area contributed by atoms with Gasteiger partial charge in [-0.25, -0.2) is 13.9 Å². The van der Waals surface area contributed by atoms with E-state index in [9.17, 15) is 14.0 Å². The van der Waals surface area contributed by atoms with E-state index >= 15 is 0 Å². The van der Waals surface area contributed by atoms with Crippen LogP contribution in [0, 0.1) is 5.82 Å². The molecule has 0 aliphatic carbocycles. The van der Waals surface area contributed by atoms with E-state index in [-0.39, 0.29) is 22.2 Å². The molecule has 2 rings (SSSR count). The van der Waals surface area contributed by atoms with Crippen molar-refractivity contribution in [2.75, 3.05) is 0 Å². The monoisotopic (exact) mass is 310 g/mol. The lowest BCUT2D eigenvalue weighted by Crippen LogP contribution is -2.25. The zero-order valence-electron chi connectivity index (χ0n) is 11.3. The van der Waals surface area contributed by atoms with Gasteiger partial charge in [0.2, 0.25) is 11.1 Å². The quantitative estimate of drug-likeness (QED) is 0.946. The van der Waals surface area contributed by atoms with E-state index in [1.165, 1.54) is 18.3 Å². The Morgan fingerprint density at radius 3 is 2.67 bits per heavy atom. The highest BCUT2D eigenvalue weighted by Crippen LogP contribution is 2.21. The topological polar surface area (TPSA) is 72.2 Å². The summed E-state index contributed by atoms with van der Waals surface area (Å²) in [6, 6.07) is 3.63. The first-order chi connectivity index (χ1) is 9.81. The lowest BCUT2D eigenvalue weighted by atomic mass is 10.0. The molecule has 0 saturated carbocycles. The van der Waals surface area contributed by atoms with Gasteiger partial charge in [-0.2, -0.15) is 5.10 Å². The summed E-state index contributed by atoms with van der Waals surface area (Å²) >= 11 is 5.98. The molecule has 21 heavy (non-hydrogen) atoms. The molecule has 0 aliphatic rings. The molecule has 1 N–H and O–H groups in total. The molecule has 0 fully saturated rings. The van der Waals surface area contributed by atoms with Crippen LogP contribution in [0.2, 0.25) is 5.02 Å². The first-order valence-electron chi connectivity index (χ1n) is 6.14. The first kappa shape index (κ1) is 15.2. The predicted octanol–water partition coefficient (Wildman–Crippen LogP) is 2.85. The molecule has 1 aromatic heterocycles. The molecule has 1 aromatic carbocycles. The molecule has 1 heterocycles. The van der Waals surface area contributed by atoms with Crippen LogP contribution in [0.25, 0.3) is 5.69 Å². The van der Waals surface area contributed by atoms with E-state index in [4.69, 9.17) is 16.7 Å². The predicted molar refractivity (Wildman–Crippen MR) is 75.9 cm³/mol. The maximum absolute atomic E-state index is 13.4. The standard InChI is InChI=1S/C14H12ClFN2O3/c1-7(2)9-6-18(17-12(13(9)19)14(20)21)11-5-8(16)3-4-10(11)15/h3-7H,1-2H3,(H,20,21). The summed E-state index contributed by atoms with van der Waals surface area (Å²) in [6.45, 7) is 3.50. The lowest BCUT2D eigenvalue weighted by Gasteiger charge is -2.12. The van der Waals surface area contributed by atoms with Crippen molar-refractivity contribution in [3.63, 3.8) is 0 Å². The fourth-order valence-electron chi connectivity index (χ4n) is 1.85. The van der Waals surface area contributed by atoms with E-state index in [0.29, 0.717) is 0 Å². The van der Waals surface area contributed by atoms with Crippen molar-refractivity contribution in [1.82, 2.24) is 9.78 Å². The molecule has 0 saturated heterocycles. The summed E-state index contributed by atoms with van der Waals surface area (Å²) in [5.41, 5.74) is -0.841. The number of carboxylic acid groups (broad SMARTS) is 1. The van der Waals surface area contributed by atoms with Crippen LogP contribution in [0.5, 0.6) is 0 Å². The van der Waals surface area contributed by atoms with Gasteiger partial charge in [0, 0.05) is 17.8 Å². The van der Waals surface area contributed by atoms with E-state index in [1.807, 2.05) is 0 Å². The van der Waals surface area contributed by atoms with Crippen LogP contribution < -0.4 is 5.43 Å². The van der Waals surface area contributed by atoms with Gasteiger partial charge >= 0.3 is 5.97 Å². The van der Waals surface area contributed by atoms with E-state index < -0.39 is 22.9 Å². The van der Waals surface area contributed by atoms with Gasteiger partial charge < -0.3 is 5.11 Å². The van der Waals surface area contributed by atoms with Crippen molar-refractivity contribution in [3.05, 3.63) is 56.7 Å². The number of rotatable bonds is 3. The van der Waals surface area contributed by atoms with E-state index in [0.717, 1.165) is 10.7 Å². The Morgan fingerprint density at radius 2 is 2.10 bits per heavy atom. The molecule has 0 radical (unpaired) electrons. The van der Waals surface area contributed by atoms with Crippen molar-refractivity contribution in [2.45, 2.75) is 19.8 Å². The van der Waals surface area contributed by atoms with Gasteiger partial charge in [-0.15, -0.1) is 0 Å². The number of hydrogen-bond acceptors (Lipinski definition) is 3. The SMILES string of the molecule is CC(C)c1cn(-c2cc(F)ccc2Cl)nc(C(=O)O)c1=O.